The van der Waals surface area contributed by atoms with Crippen LogP contribution < -0.4 is 5.69 Å². The van der Waals surface area contributed by atoms with Crippen molar-refractivity contribution in [3.63, 3.8) is 0 Å². The van der Waals surface area contributed by atoms with Crippen LogP contribution in [0, 0.1) is 5.92 Å². The van der Waals surface area contributed by atoms with Crippen LogP contribution in [0.15, 0.2) is 53.3 Å². The van der Waals surface area contributed by atoms with Crippen molar-refractivity contribution in [2.45, 2.75) is 64.8 Å². The van der Waals surface area contributed by atoms with Crippen LogP contribution in [0.25, 0.3) is 11.1 Å². The van der Waals surface area contributed by atoms with Gasteiger partial charge in [0.2, 0.25) is 5.91 Å². The molecule has 1 saturated carbocycles. The molecule has 0 unspecified atom stereocenters. The minimum atomic E-state index is -0.977. The first-order valence-corrected chi connectivity index (χ1v) is 12.7. The highest BCUT2D eigenvalue weighted by Crippen LogP contribution is 2.28. The van der Waals surface area contributed by atoms with E-state index in [4.69, 9.17) is 11.6 Å². The molecule has 0 saturated heterocycles. The highest BCUT2D eigenvalue weighted by molar-refractivity contribution is 6.31. The summed E-state index contributed by atoms with van der Waals surface area (Å²) in [6.07, 6.45) is 7.28. The topological polar surface area (TPSA) is 81.3 Å². The van der Waals surface area contributed by atoms with Crippen LogP contribution in [0.3, 0.4) is 0 Å². The zero-order chi connectivity index (χ0) is 24.9. The van der Waals surface area contributed by atoms with E-state index >= 15 is 0 Å². The van der Waals surface area contributed by atoms with Crippen molar-refractivity contribution in [2.75, 3.05) is 0 Å². The number of halogens is 1. The summed E-state index contributed by atoms with van der Waals surface area (Å²) in [5, 5.41) is 9.71. The smallest absolute Gasteiger partial charge is 0.336 e. The Morgan fingerprint density at radius 1 is 1.03 bits per heavy atom. The molecular formula is C28H31ClN2O4. The lowest BCUT2D eigenvalue weighted by molar-refractivity contribution is 0.0697. The minimum Gasteiger partial charge on any atom is -0.478 e. The van der Waals surface area contributed by atoms with Gasteiger partial charge in [-0.2, -0.15) is 0 Å². The molecule has 1 aromatic heterocycles. The maximum absolute atomic E-state index is 13.3. The third-order valence-electron chi connectivity index (χ3n) is 6.87. The minimum absolute atomic E-state index is 0.219. The molecular weight excluding hydrogens is 464 g/mol. The summed E-state index contributed by atoms with van der Waals surface area (Å²) in [4.78, 5) is 38.0. The molecule has 1 heterocycles. The molecule has 0 radical (unpaired) electrons. The van der Waals surface area contributed by atoms with Crippen LogP contribution in [0.1, 0.15) is 78.3 Å². The van der Waals surface area contributed by atoms with Crippen molar-refractivity contribution >= 4 is 23.5 Å². The number of rotatable bonds is 8. The van der Waals surface area contributed by atoms with Gasteiger partial charge >= 0.3 is 11.7 Å². The van der Waals surface area contributed by atoms with Crippen molar-refractivity contribution in [2.24, 2.45) is 5.92 Å². The molecule has 3 aromatic rings. The number of carboxylic acid groups (broad SMARTS) is 1. The fraction of sp³-hybridized carbons (Fsp3) is 0.393. The fourth-order valence-electron chi connectivity index (χ4n) is 5.04. The zero-order valence-corrected chi connectivity index (χ0v) is 20.8. The van der Waals surface area contributed by atoms with E-state index < -0.39 is 5.97 Å². The lowest BCUT2D eigenvalue weighted by Gasteiger charge is -2.20. The van der Waals surface area contributed by atoms with E-state index in [1.54, 1.807) is 28.8 Å². The van der Waals surface area contributed by atoms with Gasteiger partial charge in [0, 0.05) is 6.42 Å². The van der Waals surface area contributed by atoms with E-state index in [1.807, 2.05) is 31.2 Å². The van der Waals surface area contributed by atoms with Crippen LogP contribution in [-0.2, 0) is 13.0 Å². The zero-order valence-electron chi connectivity index (χ0n) is 20.0. The maximum atomic E-state index is 13.3. The number of carboxylic acids is 1. The Labute approximate surface area is 210 Å². The van der Waals surface area contributed by atoms with Gasteiger partial charge in [-0.25, -0.2) is 14.2 Å². The predicted molar refractivity (Wildman–Crippen MR) is 137 cm³/mol. The summed E-state index contributed by atoms with van der Waals surface area (Å²) in [5.74, 6) is -0.878. The van der Waals surface area contributed by atoms with Gasteiger partial charge in [0.1, 0.15) is 5.15 Å². The molecule has 0 amide bonds. The molecule has 0 spiro atoms. The Balaban J connectivity index is 1.61. The lowest BCUT2D eigenvalue weighted by Crippen LogP contribution is -2.31. The molecule has 1 aliphatic rings. The summed E-state index contributed by atoms with van der Waals surface area (Å²) in [6, 6.07) is 14.3. The second-order valence-corrected chi connectivity index (χ2v) is 9.70. The number of aromatic carboxylic acids is 1. The average molecular weight is 495 g/mol. The second-order valence-electron chi connectivity index (χ2n) is 9.34. The van der Waals surface area contributed by atoms with E-state index in [0.717, 1.165) is 43.2 Å². The first-order valence-electron chi connectivity index (χ1n) is 12.4. The number of hydrogen-bond donors (Lipinski definition) is 1. The Morgan fingerprint density at radius 2 is 1.71 bits per heavy atom. The molecule has 2 aromatic carbocycles. The first-order chi connectivity index (χ1) is 16.9. The van der Waals surface area contributed by atoms with Gasteiger partial charge in [0.15, 0.2) is 0 Å². The monoisotopic (exact) mass is 494 g/mol. The number of imidazole rings is 1. The molecule has 7 heteroatoms. The number of aromatic nitrogens is 2. The average Bonchev–Trinajstić information content (AvgIpc) is 3.09. The summed E-state index contributed by atoms with van der Waals surface area (Å²) in [5.41, 5.74) is 2.82. The van der Waals surface area contributed by atoms with Crippen LogP contribution in [0.4, 0.5) is 0 Å². The van der Waals surface area contributed by atoms with Gasteiger partial charge in [0.25, 0.3) is 0 Å². The Kier molecular flexibility index (Phi) is 7.91. The number of hydrogen-bond acceptors (Lipinski definition) is 3. The number of carbonyl (C=O) groups excluding carboxylic acids is 1. The lowest BCUT2D eigenvalue weighted by atomic mass is 9.87. The second kappa shape index (κ2) is 11.1. The van der Waals surface area contributed by atoms with Gasteiger partial charge in [-0.3, -0.25) is 9.36 Å². The quantitative estimate of drug-likeness (QED) is 0.399. The highest BCUT2D eigenvalue weighted by atomic mass is 35.5. The SMILES string of the molecule is CCCc1c(Cl)n(C(=O)CC2CCCCC2)c(=O)n1Cc1ccc(-c2ccccc2C(=O)O)cc1. The van der Waals surface area contributed by atoms with E-state index in [1.165, 1.54) is 11.0 Å². The predicted octanol–water partition coefficient (Wildman–Crippen LogP) is 6.28. The summed E-state index contributed by atoms with van der Waals surface area (Å²) < 4.78 is 2.77. The molecule has 4 rings (SSSR count). The standard InChI is InChI=1S/C28H31ClN2O4/c1-2-8-24-26(29)31(25(32)17-19-9-4-3-5-10-19)28(35)30(24)18-20-13-15-21(16-14-20)22-11-6-7-12-23(22)27(33)34/h6-7,11-16,19H,2-5,8-10,17-18H2,1H3,(H,33,34). The molecule has 35 heavy (non-hydrogen) atoms. The molecule has 0 atom stereocenters. The Morgan fingerprint density at radius 3 is 2.37 bits per heavy atom. The van der Waals surface area contributed by atoms with E-state index in [9.17, 15) is 19.5 Å². The maximum Gasteiger partial charge on any atom is 0.336 e. The van der Waals surface area contributed by atoms with Crippen molar-refractivity contribution < 1.29 is 14.7 Å². The van der Waals surface area contributed by atoms with E-state index in [-0.39, 0.29) is 22.3 Å². The van der Waals surface area contributed by atoms with Crippen molar-refractivity contribution in [3.05, 3.63) is 81.0 Å². The molecule has 0 aliphatic heterocycles. The normalized spacial score (nSPS) is 14.2. The molecule has 1 N–H and O–H groups in total. The molecule has 0 bridgehead atoms. The Hall–Kier alpha value is -3.12. The van der Waals surface area contributed by atoms with E-state index in [0.29, 0.717) is 36.6 Å². The van der Waals surface area contributed by atoms with Gasteiger partial charge in [0.05, 0.1) is 17.8 Å². The van der Waals surface area contributed by atoms with E-state index in [2.05, 4.69) is 0 Å². The van der Waals surface area contributed by atoms with Gasteiger partial charge in [-0.05, 0) is 47.9 Å². The molecule has 1 fully saturated rings. The van der Waals surface area contributed by atoms with Gasteiger partial charge < -0.3 is 5.11 Å². The van der Waals surface area contributed by atoms with Crippen molar-refractivity contribution in [1.29, 1.82) is 0 Å². The van der Waals surface area contributed by atoms with Crippen molar-refractivity contribution in [1.82, 2.24) is 9.13 Å². The van der Waals surface area contributed by atoms with Crippen LogP contribution in [0.5, 0.6) is 0 Å². The van der Waals surface area contributed by atoms with Crippen LogP contribution >= 0.6 is 11.6 Å². The van der Waals surface area contributed by atoms with Crippen LogP contribution in [0.2, 0.25) is 5.15 Å². The fourth-order valence-corrected chi connectivity index (χ4v) is 5.40. The first kappa shape index (κ1) is 25.0. The summed E-state index contributed by atoms with van der Waals surface area (Å²) in [7, 11) is 0. The number of benzene rings is 2. The largest absolute Gasteiger partial charge is 0.478 e. The third-order valence-corrected chi connectivity index (χ3v) is 7.26. The number of nitrogens with zero attached hydrogens (tertiary/aromatic N) is 2. The third kappa shape index (κ3) is 5.43. The molecule has 1 aliphatic carbocycles. The molecule has 184 valence electrons. The van der Waals surface area contributed by atoms with Gasteiger partial charge in [-0.15, -0.1) is 0 Å². The van der Waals surface area contributed by atoms with Gasteiger partial charge in [-0.1, -0.05) is 86.7 Å². The highest BCUT2D eigenvalue weighted by Gasteiger charge is 2.25. The number of carbonyl (C=O) groups is 2. The Bertz CT molecular complexity index is 1270. The summed E-state index contributed by atoms with van der Waals surface area (Å²) >= 11 is 6.61. The molecule has 6 nitrogen and oxygen atoms in total. The van der Waals surface area contributed by atoms with Crippen LogP contribution in [-0.4, -0.2) is 26.1 Å². The van der Waals surface area contributed by atoms with Crippen molar-refractivity contribution in [3.8, 4) is 11.1 Å². The summed E-state index contributed by atoms with van der Waals surface area (Å²) in [6.45, 7) is 2.31.